The lowest BCUT2D eigenvalue weighted by Gasteiger charge is -2.41. The van der Waals surface area contributed by atoms with E-state index in [4.69, 9.17) is 19.4 Å². The summed E-state index contributed by atoms with van der Waals surface area (Å²) in [6, 6.07) is 7.74. The number of amides is 1. The fourth-order valence-electron chi connectivity index (χ4n) is 4.49. The van der Waals surface area contributed by atoms with Gasteiger partial charge in [0.1, 0.15) is 5.75 Å². The van der Waals surface area contributed by atoms with Crippen molar-refractivity contribution in [2.75, 3.05) is 40.4 Å². The van der Waals surface area contributed by atoms with Gasteiger partial charge in [0, 0.05) is 44.8 Å². The molecule has 7 nitrogen and oxygen atoms in total. The molecule has 10 heteroatoms. The van der Waals surface area contributed by atoms with Gasteiger partial charge in [-0.25, -0.2) is 4.79 Å². The summed E-state index contributed by atoms with van der Waals surface area (Å²) in [7, 11) is 3.45. The number of methoxy groups -OCH3 is 2. The monoisotopic (exact) mass is 458 g/mol. The number of aliphatic carboxylic acids is 1. The molecular formula is C22H29F3N2O5. The Morgan fingerprint density at radius 1 is 1.09 bits per heavy atom. The highest BCUT2D eigenvalue weighted by Gasteiger charge is 2.46. The number of benzene rings is 1. The van der Waals surface area contributed by atoms with Crippen LogP contribution in [0.15, 0.2) is 24.3 Å². The Labute approximate surface area is 185 Å². The van der Waals surface area contributed by atoms with E-state index in [0.29, 0.717) is 5.92 Å². The molecule has 3 atom stereocenters. The van der Waals surface area contributed by atoms with Gasteiger partial charge in [-0.3, -0.25) is 4.79 Å². The maximum atomic E-state index is 13.1. The van der Waals surface area contributed by atoms with Gasteiger partial charge in [-0.05, 0) is 49.4 Å². The van der Waals surface area contributed by atoms with Crippen LogP contribution in [0.3, 0.4) is 0 Å². The number of carbonyl (C=O) groups excluding carboxylic acids is 1. The summed E-state index contributed by atoms with van der Waals surface area (Å²) < 4.78 is 42.7. The predicted octanol–water partition coefficient (Wildman–Crippen LogP) is 2.90. The van der Waals surface area contributed by atoms with Gasteiger partial charge in [0.15, 0.2) is 0 Å². The summed E-state index contributed by atoms with van der Waals surface area (Å²) in [6.45, 7) is 4.02. The molecule has 178 valence electrons. The number of halogens is 3. The summed E-state index contributed by atoms with van der Waals surface area (Å²) >= 11 is 0. The Kier molecular flexibility index (Phi) is 7.66. The smallest absolute Gasteiger partial charge is 0.490 e. The number of hydrogen-bond donors (Lipinski definition) is 1. The summed E-state index contributed by atoms with van der Waals surface area (Å²) in [6.07, 6.45) is -1.15. The summed E-state index contributed by atoms with van der Waals surface area (Å²) in [5, 5.41) is 7.12. The molecular weight excluding hydrogens is 429 g/mol. The van der Waals surface area contributed by atoms with E-state index in [-0.39, 0.29) is 18.1 Å². The Morgan fingerprint density at radius 3 is 2.22 bits per heavy atom. The van der Waals surface area contributed by atoms with Crippen molar-refractivity contribution in [3.63, 3.8) is 0 Å². The lowest BCUT2D eigenvalue weighted by atomic mass is 9.88. The van der Waals surface area contributed by atoms with Gasteiger partial charge in [0.05, 0.1) is 19.3 Å². The number of carboxylic acids is 1. The minimum absolute atomic E-state index is 0.139. The first-order chi connectivity index (χ1) is 15.1. The van der Waals surface area contributed by atoms with E-state index in [2.05, 4.69) is 9.80 Å². The molecule has 32 heavy (non-hydrogen) atoms. The van der Waals surface area contributed by atoms with Crippen LogP contribution in [-0.4, -0.2) is 85.5 Å². The molecule has 0 radical (unpaired) electrons. The first-order valence-corrected chi connectivity index (χ1v) is 10.6. The highest BCUT2D eigenvalue weighted by atomic mass is 19.4. The number of alkyl halides is 3. The Hall–Kier alpha value is -2.33. The second-order valence-corrected chi connectivity index (χ2v) is 8.49. The molecule has 1 aliphatic carbocycles. The quantitative estimate of drug-likeness (QED) is 0.731. The molecule has 2 saturated heterocycles. The van der Waals surface area contributed by atoms with Crippen LogP contribution in [0.5, 0.6) is 5.75 Å². The maximum Gasteiger partial charge on any atom is 0.490 e. The van der Waals surface area contributed by atoms with Crippen LogP contribution in [0.2, 0.25) is 0 Å². The number of ether oxygens (including phenoxy) is 2. The molecule has 0 spiro atoms. The van der Waals surface area contributed by atoms with Gasteiger partial charge in [0.25, 0.3) is 5.91 Å². The summed E-state index contributed by atoms with van der Waals surface area (Å²) in [5.41, 5.74) is 0.746. The molecule has 0 unspecified atom stereocenters. The number of carbonyl (C=O) groups is 2. The second-order valence-electron chi connectivity index (χ2n) is 8.49. The number of nitrogens with zero attached hydrogens (tertiary/aromatic N) is 2. The number of likely N-dealkylation sites (tertiary alicyclic amines) is 2. The van der Waals surface area contributed by atoms with E-state index in [1.807, 2.05) is 31.4 Å². The molecule has 0 bridgehead atoms. The largest absolute Gasteiger partial charge is 0.497 e. The average Bonchev–Trinajstić information content (AvgIpc) is 3.47. The summed E-state index contributed by atoms with van der Waals surface area (Å²) in [4.78, 5) is 26.6. The molecule has 1 N–H and O–H groups in total. The van der Waals surface area contributed by atoms with Gasteiger partial charge in [-0.1, -0.05) is 0 Å². The lowest BCUT2D eigenvalue weighted by Crippen LogP contribution is -2.53. The second kappa shape index (κ2) is 10.1. The van der Waals surface area contributed by atoms with E-state index in [0.717, 1.165) is 43.3 Å². The van der Waals surface area contributed by atoms with Crippen LogP contribution in [0, 0.1) is 11.8 Å². The van der Waals surface area contributed by atoms with Crippen molar-refractivity contribution in [1.82, 2.24) is 9.80 Å². The van der Waals surface area contributed by atoms with E-state index in [1.165, 1.54) is 19.4 Å². The van der Waals surface area contributed by atoms with Gasteiger partial charge >= 0.3 is 12.1 Å². The standard InChI is InChI=1S/C20H28N2O3.C2HF3O2/c1-24-16-7-5-15(6-8-16)20(23)22-10-9-19(25-2)17-12-21(13-18(17)22)11-14-3-4-14;3-2(4,5)1(6)7/h5-8,14,17-19H,3-4,9-13H2,1-2H3;(H,6,7)/t17-,18+,19-;/m0./s1. The van der Waals surface area contributed by atoms with Crippen LogP contribution in [0.4, 0.5) is 13.2 Å². The third kappa shape index (κ3) is 5.92. The average molecular weight is 458 g/mol. The molecule has 1 aromatic rings. The molecule has 2 heterocycles. The van der Waals surface area contributed by atoms with Crippen LogP contribution < -0.4 is 4.74 Å². The Balaban J connectivity index is 0.000000360. The van der Waals surface area contributed by atoms with Gasteiger partial charge < -0.3 is 24.4 Å². The van der Waals surface area contributed by atoms with Crippen molar-refractivity contribution in [2.45, 2.75) is 37.6 Å². The fraction of sp³-hybridized carbons (Fsp3) is 0.636. The number of hydrogen-bond acceptors (Lipinski definition) is 5. The highest BCUT2D eigenvalue weighted by Crippen LogP contribution is 2.37. The molecule has 3 aliphatic rings. The molecule has 2 aliphatic heterocycles. The first kappa shape index (κ1) is 24.3. The molecule has 3 fully saturated rings. The topological polar surface area (TPSA) is 79.3 Å². The molecule has 4 rings (SSSR count). The molecule has 0 aromatic heterocycles. The Bertz CT molecular complexity index is 798. The van der Waals surface area contributed by atoms with Crippen molar-refractivity contribution in [3.8, 4) is 5.75 Å². The predicted molar refractivity (Wildman–Crippen MR) is 110 cm³/mol. The van der Waals surface area contributed by atoms with Gasteiger partial charge in [-0.15, -0.1) is 0 Å². The Morgan fingerprint density at radius 2 is 1.72 bits per heavy atom. The van der Waals surface area contributed by atoms with E-state index in [1.54, 1.807) is 7.11 Å². The van der Waals surface area contributed by atoms with E-state index < -0.39 is 12.1 Å². The zero-order valence-corrected chi connectivity index (χ0v) is 18.2. The minimum Gasteiger partial charge on any atom is -0.497 e. The highest BCUT2D eigenvalue weighted by molar-refractivity contribution is 5.94. The number of piperidine rings is 1. The minimum atomic E-state index is -5.08. The van der Waals surface area contributed by atoms with Crippen LogP contribution >= 0.6 is 0 Å². The van der Waals surface area contributed by atoms with Crippen molar-refractivity contribution >= 4 is 11.9 Å². The number of carboxylic acid groups (broad SMARTS) is 1. The third-order valence-corrected chi connectivity index (χ3v) is 6.30. The normalized spacial score (nSPS) is 25.5. The zero-order chi connectivity index (χ0) is 23.5. The summed E-state index contributed by atoms with van der Waals surface area (Å²) in [5.74, 6) is -0.524. The number of rotatable bonds is 5. The van der Waals surface area contributed by atoms with Crippen molar-refractivity contribution < 1.29 is 37.3 Å². The van der Waals surface area contributed by atoms with E-state index in [9.17, 15) is 18.0 Å². The number of fused-ring (bicyclic) bond motifs is 1. The lowest BCUT2D eigenvalue weighted by molar-refractivity contribution is -0.192. The van der Waals surface area contributed by atoms with Gasteiger partial charge in [0.2, 0.25) is 0 Å². The molecule has 1 amide bonds. The van der Waals surface area contributed by atoms with Crippen molar-refractivity contribution in [3.05, 3.63) is 29.8 Å². The maximum absolute atomic E-state index is 13.1. The van der Waals surface area contributed by atoms with E-state index >= 15 is 0 Å². The SMILES string of the molecule is COc1ccc(C(=O)N2CC[C@H](OC)[C@H]3CN(CC4CC4)C[C@H]32)cc1.O=C(O)C(F)(F)F. The van der Waals surface area contributed by atoms with Crippen LogP contribution in [-0.2, 0) is 9.53 Å². The van der Waals surface area contributed by atoms with Crippen LogP contribution in [0.1, 0.15) is 29.6 Å². The molecule has 1 saturated carbocycles. The fourth-order valence-corrected chi connectivity index (χ4v) is 4.49. The third-order valence-electron chi connectivity index (χ3n) is 6.30. The van der Waals surface area contributed by atoms with Gasteiger partial charge in [-0.2, -0.15) is 13.2 Å². The van der Waals surface area contributed by atoms with Crippen molar-refractivity contribution in [2.24, 2.45) is 11.8 Å². The zero-order valence-electron chi connectivity index (χ0n) is 18.2. The van der Waals surface area contributed by atoms with Crippen LogP contribution in [0.25, 0.3) is 0 Å². The van der Waals surface area contributed by atoms with Crippen molar-refractivity contribution in [1.29, 1.82) is 0 Å². The first-order valence-electron chi connectivity index (χ1n) is 10.6. The molecule has 1 aromatic carbocycles.